The molecule has 1 aliphatic heterocycles. The number of nitrogens with zero attached hydrogens (tertiary/aromatic N) is 2. The third-order valence-electron chi connectivity index (χ3n) is 4.54. The second-order valence-electron chi connectivity index (χ2n) is 6.37. The van der Waals surface area contributed by atoms with Crippen LogP contribution in [-0.4, -0.2) is 52.6 Å². The molecule has 7 heteroatoms. The molecule has 140 valence electrons. The first-order valence-electron chi connectivity index (χ1n) is 8.82. The summed E-state index contributed by atoms with van der Waals surface area (Å²) in [6, 6.07) is 15.4. The van der Waals surface area contributed by atoms with Crippen molar-refractivity contribution in [3.8, 4) is 0 Å². The Balaban J connectivity index is 1.39. The van der Waals surface area contributed by atoms with Crippen LogP contribution in [0, 0.1) is 5.82 Å². The predicted molar refractivity (Wildman–Crippen MR) is 101 cm³/mol. The molecule has 1 heterocycles. The van der Waals surface area contributed by atoms with Gasteiger partial charge in [-0.3, -0.25) is 4.90 Å². The molecule has 1 aliphatic rings. The summed E-state index contributed by atoms with van der Waals surface area (Å²) in [5, 5.41) is 0. The molecule has 0 radical (unpaired) electrons. The van der Waals surface area contributed by atoms with Crippen molar-refractivity contribution in [3.63, 3.8) is 0 Å². The van der Waals surface area contributed by atoms with Crippen LogP contribution >= 0.6 is 0 Å². The molecule has 0 bridgehead atoms. The van der Waals surface area contributed by atoms with Gasteiger partial charge in [-0.25, -0.2) is 17.5 Å². The average Bonchev–Trinajstić information content (AvgIpc) is 2.66. The standard InChI is InChI=1S/C19H24FN3O2S/c20-17-6-4-9-19(16-17)26(24,25)21-10-5-11-22-12-14-23(15-13-22)18-7-2-1-3-8-18/h1-4,6-9,16,21H,5,10-15H2. The largest absolute Gasteiger partial charge is 0.369 e. The number of nitrogens with one attached hydrogen (secondary N) is 1. The van der Waals surface area contributed by atoms with Crippen molar-refractivity contribution < 1.29 is 12.8 Å². The molecule has 2 aromatic carbocycles. The van der Waals surface area contributed by atoms with E-state index in [4.69, 9.17) is 0 Å². The molecule has 0 saturated carbocycles. The average molecular weight is 377 g/mol. The fourth-order valence-corrected chi connectivity index (χ4v) is 4.20. The lowest BCUT2D eigenvalue weighted by Gasteiger charge is -2.36. The van der Waals surface area contributed by atoms with E-state index in [-0.39, 0.29) is 4.90 Å². The van der Waals surface area contributed by atoms with Crippen molar-refractivity contribution in [1.29, 1.82) is 0 Å². The Labute approximate surface area is 154 Å². The highest BCUT2D eigenvalue weighted by Crippen LogP contribution is 2.15. The van der Waals surface area contributed by atoms with E-state index in [0.717, 1.165) is 45.2 Å². The quantitative estimate of drug-likeness (QED) is 0.753. The van der Waals surface area contributed by atoms with Crippen molar-refractivity contribution in [2.45, 2.75) is 11.3 Å². The zero-order valence-corrected chi connectivity index (χ0v) is 15.5. The number of hydrogen-bond donors (Lipinski definition) is 1. The van der Waals surface area contributed by atoms with Gasteiger partial charge in [0.15, 0.2) is 0 Å². The molecule has 0 aromatic heterocycles. The van der Waals surface area contributed by atoms with E-state index in [2.05, 4.69) is 26.7 Å². The van der Waals surface area contributed by atoms with Gasteiger partial charge in [0.2, 0.25) is 10.0 Å². The maximum atomic E-state index is 13.2. The Morgan fingerprint density at radius 2 is 1.69 bits per heavy atom. The molecule has 1 N–H and O–H groups in total. The summed E-state index contributed by atoms with van der Waals surface area (Å²) >= 11 is 0. The fraction of sp³-hybridized carbons (Fsp3) is 0.368. The van der Waals surface area contributed by atoms with E-state index in [1.54, 1.807) is 0 Å². The highest BCUT2D eigenvalue weighted by Gasteiger charge is 2.17. The summed E-state index contributed by atoms with van der Waals surface area (Å²) in [6.07, 6.45) is 0.722. The first-order chi connectivity index (χ1) is 12.5. The number of hydrogen-bond acceptors (Lipinski definition) is 4. The van der Waals surface area contributed by atoms with Gasteiger partial charge in [-0.1, -0.05) is 24.3 Å². The maximum Gasteiger partial charge on any atom is 0.240 e. The molecule has 0 aliphatic carbocycles. The van der Waals surface area contributed by atoms with Crippen LogP contribution in [0.4, 0.5) is 10.1 Å². The maximum absolute atomic E-state index is 13.2. The lowest BCUT2D eigenvalue weighted by Crippen LogP contribution is -2.47. The monoisotopic (exact) mass is 377 g/mol. The van der Waals surface area contributed by atoms with Gasteiger partial charge in [0.25, 0.3) is 0 Å². The minimum atomic E-state index is -3.65. The SMILES string of the molecule is O=S(=O)(NCCCN1CCN(c2ccccc2)CC1)c1cccc(F)c1. The Morgan fingerprint density at radius 1 is 0.962 bits per heavy atom. The third-order valence-corrected chi connectivity index (χ3v) is 6.00. The second-order valence-corrected chi connectivity index (χ2v) is 8.14. The summed E-state index contributed by atoms with van der Waals surface area (Å²) < 4.78 is 40.0. The fourth-order valence-electron chi connectivity index (χ4n) is 3.10. The molecular weight excluding hydrogens is 353 g/mol. The zero-order valence-electron chi connectivity index (χ0n) is 14.6. The van der Waals surface area contributed by atoms with E-state index >= 15 is 0 Å². The van der Waals surface area contributed by atoms with E-state index in [1.807, 2.05) is 18.2 Å². The highest BCUT2D eigenvalue weighted by atomic mass is 32.2. The Hall–Kier alpha value is -1.96. The predicted octanol–water partition coefficient (Wildman–Crippen LogP) is 2.32. The normalized spacial score (nSPS) is 16.0. The number of benzene rings is 2. The van der Waals surface area contributed by atoms with E-state index in [9.17, 15) is 12.8 Å². The summed E-state index contributed by atoms with van der Waals surface area (Å²) in [4.78, 5) is 4.67. The van der Waals surface area contributed by atoms with Crippen LogP contribution in [0.5, 0.6) is 0 Å². The van der Waals surface area contributed by atoms with Gasteiger partial charge in [0, 0.05) is 38.4 Å². The van der Waals surface area contributed by atoms with Gasteiger partial charge < -0.3 is 4.90 Å². The van der Waals surface area contributed by atoms with Crippen molar-refractivity contribution in [1.82, 2.24) is 9.62 Å². The summed E-state index contributed by atoms with van der Waals surface area (Å²) in [5.74, 6) is -0.552. The molecule has 0 amide bonds. The van der Waals surface area contributed by atoms with Gasteiger partial charge in [-0.2, -0.15) is 0 Å². The first kappa shape index (κ1) is 18.8. The molecule has 0 atom stereocenters. The smallest absolute Gasteiger partial charge is 0.240 e. The van der Waals surface area contributed by atoms with Gasteiger partial charge >= 0.3 is 0 Å². The van der Waals surface area contributed by atoms with Crippen LogP contribution in [0.15, 0.2) is 59.5 Å². The lowest BCUT2D eigenvalue weighted by atomic mass is 10.2. The minimum Gasteiger partial charge on any atom is -0.369 e. The number of anilines is 1. The number of sulfonamides is 1. The molecule has 0 spiro atoms. The minimum absolute atomic E-state index is 0.0334. The Bertz CT molecular complexity index is 807. The van der Waals surface area contributed by atoms with Crippen LogP contribution in [-0.2, 0) is 10.0 Å². The third kappa shape index (κ3) is 5.03. The topological polar surface area (TPSA) is 52.7 Å². The van der Waals surface area contributed by atoms with Crippen molar-refractivity contribution >= 4 is 15.7 Å². The molecular formula is C19H24FN3O2S. The number of piperazine rings is 1. The zero-order chi connectivity index (χ0) is 18.4. The van der Waals surface area contributed by atoms with Crippen LogP contribution in [0.2, 0.25) is 0 Å². The van der Waals surface area contributed by atoms with E-state index < -0.39 is 15.8 Å². The molecule has 5 nitrogen and oxygen atoms in total. The Morgan fingerprint density at radius 3 is 2.38 bits per heavy atom. The molecule has 2 aromatic rings. The molecule has 1 fully saturated rings. The summed E-state index contributed by atoms with van der Waals surface area (Å²) in [6.45, 7) is 5.06. The van der Waals surface area contributed by atoms with Gasteiger partial charge in [0.05, 0.1) is 4.90 Å². The number of rotatable bonds is 7. The Kier molecular flexibility index (Phi) is 6.24. The molecule has 1 saturated heterocycles. The van der Waals surface area contributed by atoms with Gasteiger partial charge in [0.1, 0.15) is 5.82 Å². The first-order valence-corrected chi connectivity index (χ1v) is 10.3. The van der Waals surface area contributed by atoms with Crippen LogP contribution < -0.4 is 9.62 Å². The molecule has 26 heavy (non-hydrogen) atoms. The van der Waals surface area contributed by atoms with Crippen LogP contribution in [0.1, 0.15) is 6.42 Å². The number of para-hydroxylation sites is 1. The van der Waals surface area contributed by atoms with Gasteiger partial charge in [-0.05, 0) is 43.3 Å². The number of halogens is 1. The highest BCUT2D eigenvalue weighted by molar-refractivity contribution is 7.89. The van der Waals surface area contributed by atoms with E-state index in [1.165, 1.54) is 23.9 Å². The van der Waals surface area contributed by atoms with Gasteiger partial charge in [-0.15, -0.1) is 0 Å². The summed E-state index contributed by atoms with van der Waals surface area (Å²) in [5.41, 5.74) is 1.25. The second kappa shape index (κ2) is 8.62. The van der Waals surface area contributed by atoms with Crippen LogP contribution in [0.25, 0.3) is 0 Å². The summed E-state index contributed by atoms with van der Waals surface area (Å²) in [7, 11) is -3.65. The lowest BCUT2D eigenvalue weighted by molar-refractivity contribution is 0.255. The molecule has 0 unspecified atom stereocenters. The van der Waals surface area contributed by atoms with E-state index in [0.29, 0.717) is 6.54 Å². The van der Waals surface area contributed by atoms with Crippen LogP contribution in [0.3, 0.4) is 0 Å². The van der Waals surface area contributed by atoms with Crippen molar-refractivity contribution in [3.05, 3.63) is 60.4 Å². The van der Waals surface area contributed by atoms with Crippen molar-refractivity contribution in [2.75, 3.05) is 44.2 Å². The van der Waals surface area contributed by atoms with Crippen molar-refractivity contribution in [2.24, 2.45) is 0 Å². The molecule has 3 rings (SSSR count).